The Morgan fingerprint density at radius 1 is 1.05 bits per heavy atom. The predicted molar refractivity (Wildman–Crippen MR) is 75.4 cm³/mol. The van der Waals surface area contributed by atoms with Gasteiger partial charge in [0.25, 0.3) is 0 Å². The van der Waals surface area contributed by atoms with Crippen molar-refractivity contribution in [2.45, 2.75) is 30.7 Å². The Morgan fingerprint density at radius 3 is 2.53 bits per heavy atom. The highest BCUT2D eigenvalue weighted by molar-refractivity contribution is 5.26. The van der Waals surface area contributed by atoms with Crippen molar-refractivity contribution in [1.82, 2.24) is 5.32 Å². The second-order valence-electron chi connectivity index (χ2n) is 5.70. The topological polar surface area (TPSA) is 30.5 Å². The summed E-state index contributed by atoms with van der Waals surface area (Å²) in [6.45, 7) is 4.55. The molecule has 2 aliphatic rings. The van der Waals surface area contributed by atoms with Gasteiger partial charge >= 0.3 is 0 Å². The Morgan fingerprint density at radius 2 is 1.84 bits per heavy atom. The molecule has 0 amide bonds. The van der Waals surface area contributed by atoms with E-state index in [-0.39, 0.29) is 5.41 Å². The molecule has 0 bridgehead atoms. The van der Waals surface area contributed by atoms with E-state index < -0.39 is 0 Å². The predicted octanol–water partition coefficient (Wildman–Crippen LogP) is 2.11. The third-order valence-corrected chi connectivity index (χ3v) is 4.49. The monoisotopic (exact) mass is 261 g/mol. The molecular weight excluding hydrogens is 238 g/mol. The molecule has 0 aliphatic carbocycles. The number of rotatable bonds is 4. The van der Waals surface area contributed by atoms with Crippen LogP contribution in [0.3, 0.4) is 0 Å². The molecule has 0 unspecified atom stereocenters. The van der Waals surface area contributed by atoms with Crippen molar-refractivity contribution in [2.75, 3.05) is 33.0 Å². The first-order valence-electron chi connectivity index (χ1n) is 7.33. The summed E-state index contributed by atoms with van der Waals surface area (Å²) in [5.74, 6) is 0. The van der Waals surface area contributed by atoms with Gasteiger partial charge < -0.3 is 14.8 Å². The van der Waals surface area contributed by atoms with Crippen molar-refractivity contribution in [3.8, 4) is 0 Å². The van der Waals surface area contributed by atoms with Gasteiger partial charge in [-0.2, -0.15) is 0 Å². The second kappa shape index (κ2) is 6.04. The van der Waals surface area contributed by atoms with Crippen molar-refractivity contribution >= 4 is 0 Å². The van der Waals surface area contributed by atoms with Crippen LogP contribution in [0.5, 0.6) is 0 Å². The van der Waals surface area contributed by atoms with Crippen LogP contribution in [0.15, 0.2) is 30.3 Å². The molecule has 2 saturated heterocycles. The summed E-state index contributed by atoms with van der Waals surface area (Å²) in [5.41, 5.74) is 1.69. The van der Waals surface area contributed by atoms with E-state index in [4.69, 9.17) is 9.47 Å². The Labute approximate surface area is 115 Å². The number of hydrogen-bond donors (Lipinski definition) is 1. The molecule has 1 atom stereocenters. The van der Waals surface area contributed by atoms with Crippen molar-refractivity contribution in [3.63, 3.8) is 0 Å². The lowest BCUT2D eigenvalue weighted by Crippen LogP contribution is -2.46. The lowest BCUT2D eigenvalue weighted by Gasteiger charge is -2.38. The summed E-state index contributed by atoms with van der Waals surface area (Å²) in [4.78, 5) is 0. The van der Waals surface area contributed by atoms with E-state index in [0.717, 1.165) is 52.2 Å². The highest BCUT2D eigenvalue weighted by atomic mass is 16.5. The van der Waals surface area contributed by atoms with Gasteiger partial charge in [0.1, 0.15) is 0 Å². The first kappa shape index (κ1) is 13.1. The van der Waals surface area contributed by atoms with Crippen LogP contribution in [0.4, 0.5) is 0 Å². The van der Waals surface area contributed by atoms with Crippen molar-refractivity contribution < 1.29 is 9.47 Å². The van der Waals surface area contributed by atoms with Crippen molar-refractivity contribution in [1.29, 1.82) is 0 Å². The molecule has 1 aromatic rings. The van der Waals surface area contributed by atoms with Crippen molar-refractivity contribution in [3.05, 3.63) is 35.9 Å². The van der Waals surface area contributed by atoms with Crippen LogP contribution < -0.4 is 5.32 Å². The van der Waals surface area contributed by atoms with Gasteiger partial charge in [0.15, 0.2) is 0 Å². The fraction of sp³-hybridized carbons (Fsp3) is 0.625. The summed E-state index contributed by atoms with van der Waals surface area (Å²) in [7, 11) is 0. The second-order valence-corrected chi connectivity index (χ2v) is 5.70. The molecule has 1 aromatic carbocycles. The lowest BCUT2D eigenvalue weighted by molar-refractivity contribution is 0.0486. The van der Waals surface area contributed by atoms with Gasteiger partial charge in [0, 0.05) is 37.8 Å². The third-order valence-electron chi connectivity index (χ3n) is 4.49. The van der Waals surface area contributed by atoms with Gasteiger partial charge in [-0.25, -0.2) is 0 Å². The maximum Gasteiger partial charge on any atom is 0.0620 e. The summed E-state index contributed by atoms with van der Waals surface area (Å²) < 4.78 is 11.0. The molecule has 1 N–H and O–H groups in total. The fourth-order valence-corrected chi connectivity index (χ4v) is 3.16. The van der Waals surface area contributed by atoms with Crippen LogP contribution >= 0.6 is 0 Å². The first-order valence-corrected chi connectivity index (χ1v) is 7.33. The Balaban J connectivity index is 1.72. The molecule has 0 radical (unpaired) electrons. The standard InChI is InChI=1S/C16H23NO2/c1-2-4-14(5-3-1)16(7-10-18-11-8-16)13-17-15-6-9-19-12-15/h1-5,15,17H,6-13H2/t15-/m1/s1. The summed E-state index contributed by atoms with van der Waals surface area (Å²) in [6.07, 6.45) is 3.36. The Bertz CT molecular complexity index is 381. The van der Waals surface area contributed by atoms with E-state index in [1.54, 1.807) is 0 Å². The van der Waals surface area contributed by atoms with Crippen LogP contribution in [0, 0.1) is 0 Å². The zero-order valence-electron chi connectivity index (χ0n) is 11.4. The van der Waals surface area contributed by atoms with Gasteiger partial charge in [0.2, 0.25) is 0 Å². The minimum absolute atomic E-state index is 0.238. The molecular formula is C16H23NO2. The number of hydrogen-bond acceptors (Lipinski definition) is 3. The van der Waals surface area contributed by atoms with Gasteiger partial charge in [-0.1, -0.05) is 30.3 Å². The van der Waals surface area contributed by atoms with Crippen LogP contribution in [0.25, 0.3) is 0 Å². The molecule has 0 saturated carbocycles. The van der Waals surface area contributed by atoms with E-state index in [0.29, 0.717) is 6.04 Å². The molecule has 19 heavy (non-hydrogen) atoms. The lowest BCUT2D eigenvalue weighted by atomic mass is 9.74. The Kier molecular flexibility index (Phi) is 4.16. The van der Waals surface area contributed by atoms with E-state index in [1.165, 1.54) is 5.56 Å². The van der Waals surface area contributed by atoms with Crippen LogP contribution in [-0.4, -0.2) is 39.0 Å². The third kappa shape index (κ3) is 2.99. The number of benzene rings is 1. The molecule has 3 rings (SSSR count). The molecule has 2 aliphatic heterocycles. The van der Waals surface area contributed by atoms with E-state index in [1.807, 2.05) is 0 Å². The maximum absolute atomic E-state index is 5.57. The van der Waals surface area contributed by atoms with Crippen LogP contribution in [0.2, 0.25) is 0 Å². The van der Waals surface area contributed by atoms with Gasteiger partial charge in [0.05, 0.1) is 6.61 Å². The molecule has 3 nitrogen and oxygen atoms in total. The highest BCUT2D eigenvalue weighted by Crippen LogP contribution is 2.34. The molecule has 2 fully saturated rings. The average Bonchev–Trinajstić information content (AvgIpc) is 3.01. The van der Waals surface area contributed by atoms with E-state index in [2.05, 4.69) is 35.6 Å². The first-order chi connectivity index (χ1) is 9.39. The zero-order valence-corrected chi connectivity index (χ0v) is 11.4. The summed E-state index contributed by atoms with van der Waals surface area (Å²) in [6, 6.07) is 11.4. The molecule has 3 heteroatoms. The molecule has 0 aromatic heterocycles. The number of nitrogens with one attached hydrogen (secondary N) is 1. The Hall–Kier alpha value is -0.900. The summed E-state index contributed by atoms with van der Waals surface area (Å²) >= 11 is 0. The minimum Gasteiger partial charge on any atom is -0.381 e. The molecule has 0 spiro atoms. The zero-order chi connectivity index (χ0) is 13.0. The quantitative estimate of drug-likeness (QED) is 0.900. The van der Waals surface area contributed by atoms with Gasteiger partial charge in [-0.15, -0.1) is 0 Å². The largest absolute Gasteiger partial charge is 0.381 e. The minimum atomic E-state index is 0.238. The number of ether oxygens (including phenoxy) is 2. The van der Waals surface area contributed by atoms with Gasteiger partial charge in [-0.05, 0) is 24.8 Å². The van der Waals surface area contributed by atoms with Crippen LogP contribution in [-0.2, 0) is 14.9 Å². The van der Waals surface area contributed by atoms with Crippen LogP contribution in [0.1, 0.15) is 24.8 Å². The van der Waals surface area contributed by atoms with E-state index >= 15 is 0 Å². The fourth-order valence-electron chi connectivity index (χ4n) is 3.16. The molecule has 104 valence electrons. The normalized spacial score (nSPS) is 26.4. The van der Waals surface area contributed by atoms with Crippen molar-refractivity contribution in [2.24, 2.45) is 0 Å². The SMILES string of the molecule is c1ccc(C2(CN[C@@H]3CCOC3)CCOCC2)cc1. The summed E-state index contributed by atoms with van der Waals surface area (Å²) in [5, 5.41) is 3.71. The maximum atomic E-state index is 5.57. The highest BCUT2D eigenvalue weighted by Gasteiger charge is 2.34. The van der Waals surface area contributed by atoms with Gasteiger partial charge in [-0.3, -0.25) is 0 Å². The smallest absolute Gasteiger partial charge is 0.0620 e. The average molecular weight is 261 g/mol. The molecule has 2 heterocycles. The van der Waals surface area contributed by atoms with E-state index in [9.17, 15) is 0 Å².